The van der Waals surface area contributed by atoms with Gasteiger partial charge in [0.2, 0.25) is 0 Å². The largest absolute Gasteiger partial charge is 0.453 e. The summed E-state index contributed by atoms with van der Waals surface area (Å²) in [5.74, 6) is -4.79. The number of alkyl halides is 5. The lowest BCUT2D eigenvalue weighted by molar-refractivity contribution is -0.290. The minimum absolute atomic E-state index is 0.00826. The normalized spacial score (nSPS) is 15.2. The van der Waals surface area contributed by atoms with Crippen LogP contribution in [0.4, 0.5) is 22.0 Å². The molecule has 6 heteroatoms. The van der Waals surface area contributed by atoms with Crippen molar-refractivity contribution in [3.63, 3.8) is 0 Å². The summed E-state index contributed by atoms with van der Waals surface area (Å²) in [7, 11) is 0. The zero-order chi connectivity index (χ0) is 12.8. The second-order valence-corrected chi connectivity index (χ2v) is 3.91. The minimum atomic E-state index is -5.57. The molecular formula is C10H17F5O. The third-order valence-electron chi connectivity index (χ3n) is 2.30. The van der Waals surface area contributed by atoms with Crippen molar-refractivity contribution in [1.82, 2.24) is 0 Å². The highest BCUT2D eigenvalue weighted by Gasteiger charge is 2.57. The van der Waals surface area contributed by atoms with Crippen LogP contribution in [-0.4, -0.2) is 23.3 Å². The molecule has 0 aromatic carbocycles. The van der Waals surface area contributed by atoms with Gasteiger partial charge in [0, 0.05) is 6.42 Å². The average molecular weight is 248 g/mol. The molecule has 0 aromatic rings. The number of hydrogen-bond donors (Lipinski definition) is 1. The molecule has 0 amide bonds. The van der Waals surface area contributed by atoms with E-state index in [-0.39, 0.29) is 6.42 Å². The molecular weight excluding hydrogens is 231 g/mol. The summed E-state index contributed by atoms with van der Waals surface area (Å²) >= 11 is 0. The molecule has 1 atom stereocenters. The summed E-state index contributed by atoms with van der Waals surface area (Å²) in [4.78, 5) is 0. The fourth-order valence-corrected chi connectivity index (χ4v) is 1.32. The predicted molar refractivity (Wildman–Crippen MR) is 50.4 cm³/mol. The fraction of sp³-hybridized carbons (Fsp3) is 1.00. The van der Waals surface area contributed by atoms with E-state index in [2.05, 4.69) is 0 Å². The Bertz CT molecular complexity index is 190. The maximum absolute atomic E-state index is 12.5. The molecule has 0 bridgehead atoms. The van der Waals surface area contributed by atoms with E-state index in [1.165, 1.54) is 0 Å². The van der Waals surface area contributed by atoms with Crippen LogP contribution in [0.3, 0.4) is 0 Å². The lowest BCUT2D eigenvalue weighted by Crippen LogP contribution is -2.39. The van der Waals surface area contributed by atoms with Crippen LogP contribution < -0.4 is 0 Å². The van der Waals surface area contributed by atoms with Crippen molar-refractivity contribution < 1.29 is 27.1 Å². The van der Waals surface area contributed by atoms with Crippen molar-refractivity contribution in [3.05, 3.63) is 0 Å². The second kappa shape index (κ2) is 6.37. The minimum Gasteiger partial charge on any atom is -0.393 e. The SMILES string of the molecule is CCCCCCC(O)CC(F)(F)C(F)(F)F. The van der Waals surface area contributed by atoms with E-state index in [0.29, 0.717) is 6.42 Å². The Morgan fingerprint density at radius 2 is 1.56 bits per heavy atom. The number of aliphatic hydroxyl groups is 1. The summed E-state index contributed by atoms with van der Waals surface area (Å²) in [5, 5.41) is 9.07. The van der Waals surface area contributed by atoms with Crippen LogP contribution in [0.5, 0.6) is 0 Å². The molecule has 98 valence electrons. The summed E-state index contributed by atoms with van der Waals surface area (Å²) in [5.41, 5.74) is 0. The van der Waals surface area contributed by atoms with Crippen molar-refractivity contribution in [1.29, 1.82) is 0 Å². The van der Waals surface area contributed by atoms with Gasteiger partial charge >= 0.3 is 12.1 Å². The van der Waals surface area contributed by atoms with Gasteiger partial charge in [-0.1, -0.05) is 32.6 Å². The van der Waals surface area contributed by atoms with Crippen LogP contribution in [0.15, 0.2) is 0 Å². The first-order chi connectivity index (χ1) is 7.20. The first kappa shape index (κ1) is 15.6. The monoisotopic (exact) mass is 248 g/mol. The van der Waals surface area contributed by atoms with Gasteiger partial charge in [-0.15, -0.1) is 0 Å². The quantitative estimate of drug-likeness (QED) is 0.535. The van der Waals surface area contributed by atoms with Crippen molar-refractivity contribution in [2.45, 2.75) is 63.7 Å². The van der Waals surface area contributed by atoms with Gasteiger partial charge in [0.05, 0.1) is 6.10 Å². The van der Waals surface area contributed by atoms with Gasteiger partial charge < -0.3 is 5.11 Å². The number of aliphatic hydroxyl groups excluding tert-OH is 1. The maximum atomic E-state index is 12.5. The first-order valence-corrected chi connectivity index (χ1v) is 5.33. The van der Waals surface area contributed by atoms with Crippen molar-refractivity contribution >= 4 is 0 Å². The topological polar surface area (TPSA) is 20.2 Å². The van der Waals surface area contributed by atoms with Crippen molar-refractivity contribution in [2.24, 2.45) is 0 Å². The Kier molecular flexibility index (Phi) is 6.22. The van der Waals surface area contributed by atoms with E-state index >= 15 is 0 Å². The van der Waals surface area contributed by atoms with E-state index in [4.69, 9.17) is 5.11 Å². The van der Waals surface area contributed by atoms with Crippen LogP contribution in [-0.2, 0) is 0 Å². The number of halogens is 5. The lowest BCUT2D eigenvalue weighted by atomic mass is 10.0. The second-order valence-electron chi connectivity index (χ2n) is 3.91. The Morgan fingerprint density at radius 3 is 2.00 bits per heavy atom. The molecule has 0 saturated heterocycles. The summed E-state index contributed by atoms with van der Waals surface area (Å²) < 4.78 is 60.3. The zero-order valence-corrected chi connectivity index (χ0v) is 9.16. The molecule has 0 fully saturated rings. The maximum Gasteiger partial charge on any atom is 0.453 e. The van der Waals surface area contributed by atoms with Crippen LogP contribution in [0.1, 0.15) is 45.4 Å². The molecule has 0 saturated carbocycles. The average Bonchev–Trinajstić information content (AvgIpc) is 2.10. The predicted octanol–water partition coefficient (Wildman–Crippen LogP) is 3.91. The number of rotatable bonds is 7. The Labute approximate surface area is 91.6 Å². The molecule has 1 N–H and O–H groups in total. The van der Waals surface area contributed by atoms with Crippen molar-refractivity contribution in [2.75, 3.05) is 0 Å². The summed E-state index contributed by atoms with van der Waals surface area (Å²) in [6.07, 6.45) is -5.66. The van der Waals surface area contributed by atoms with E-state index in [9.17, 15) is 22.0 Å². The molecule has 0 aliphatic carbocycles. The molecule has 1 unspecified atom stereocenters. The molecule has 0 aliphatic rings. The molecule has 1 nitrogen and oxygen atoms in total. The summed E-state index contributed by atoms with van der Waals surface area (Å²) in [6.45, 7) is 1.95. The van der Waals surface area contributed by atoms with E-state index in [0.717, 1.165) is 19.3 Å². The molecule has 0 aromatic heterocycles. The standard InChI is InChI=1S/C10H17F5O/c1-2-3-4-5-6-8(16)7-9(11,12)10(13,14)15/h8,16H,2-7H2,1H3. The number of unbranched alkanes of at least 4 members (excludes halogenated alkanes) is 3. The van der Waals surface area contributed by atoms with Gasteiger partial charge in [0.15, 0.2) is 0 Å². The molecule has 0 radical (unpaired) electrons. The number of hydrogen-bond acceptors (Lipinski definition) is 1. The van der Waals surface area contributed by atoms with Crippen LogP contribution in [0, 0.1) is 0 Å². The highest BCUT2D eigenvalue weighted by molar-refractivity contribution is 4.79. The van der Waals surface area contributed by atoms with Gasteiger partial charge in [-0.2, -0.15) is 22.0 Å². The van der Waals surface area contributed by atoms with Gasteiger partial charge in [-0.25, -0.2) is 0 Å². The Morgan fingerprint density at radius 1 is 1.00 bits per heavy atom. The van der Waals surface area contributed by atoms with Crippen LogP contribution in [0.25, 0.3) is 0 Å². The van der Waals surface area contributed by atoms with Gasteiger partial charge in [0.1, 0.15) is 0 Å². The molecule has 16 heavy (non-hydrogen) atoms. The van der Waals surface area contributed by atoms with Gasteiger partial charge in [-0.05, 0) is 6.42 Å². The van der Waals surface area contributed by atoms with Crippen LogP contribution >= 0.6 is 0 Å². The third-order valence-corrected chi connectivity index (χ3v) is 2.30. The van der Waals surface area contributed by atoms with Gasteiger partial charge in [-0.3, -0.25) is 0 Å². The van der Waals surface area contributed by atoms with E-state index in [1.54, 1.807) is 0 Å². The molecule has 0 aliphatic heterocycles. The molecule has 0 spiro atoms. The van der Waals surface area contributed by atoms with Gasteiger partial charge in [0.25, 0.3) is 0 Å². The Hall–Kier alpha value is -0.390. The lowest BCUT2D eigenvalue weighted by Gasteiger charge is -2.22. The van der Waals surface area contributed by atoms with Crippen LogP contribution in [0.2, 0.25) is 0 Å². The zero-order valence-electron chi connectivity index (χ0n) is 9.16. The smallest absolute Gasteiger partial charge is 0.393 e. The molecule has 0 heterocycles. The summed E-state index contributed by atoms with van der Waals surface area (Å²) in [6, 6.07) is 0. The van der Waals surface area contributed by atoms with E-state index in [1.807, 2.05) is 6.92 Å². The third kappa shape index (κ3) is 5.63. The van der Waals surface area contributed by atoms with E-state index < -0.39 is 24.6 Å². The molecule has 0 rings (SSSR count). The highest BCUT2D eigenvalue weighted by atomic mass is 19.4. The first-order valence-electron chi connectivity index (χ1n) is 5.33. The van der Waals surface area contributed by atoms with Crippen molar-refractivity contribution in [3.8, 4) is 0 Å². The Balaban J connectivity index is 3.90. The fourth-order valence-electron chi connectivity index (χ4n) is 1.32. The highest BCUT2D eigenvalue weighted by Crippen LogP contribution is 2.39.